The number of carbonyl (C=O) groups is 1. The number of rotatable bonds is 3. The minimum atomic E-state index is 0. The minimum absolute atomic E-state index is 0. The molecule has 1 fully saturated rings. The Kier molecular flexibility index (Phi) is 7.91. The van der Waals surface area contributed by atoms with E-state index in [1.807, 2.05) is 25.2 Å². The number of hydrogen-bond donors (Lipinski definition) is 1. The first kappa shape index (κ1) is 17.2. The van der Waals surface area contributed by atoms with Gasteiger partial charge in [-0.15, -0.1) is 24.8 Å². The molecule has 18 heavy (non-hydrogen) atoms. The van der Waals surface area contributed by atoms with Crippen molar-refractivity contribution in [2.75, 3.05) is 20.1 Å². The highest BCUT2D eigenvalue weighted by molar-refractivity contribution is 5.85. The average Bonchev–Trinajstić information content (AvgIpc) is 2.83. The van der Waals surface area contributed by atoms with Gasteiger partial charge in [-0.25, -0.2) is 0 Å². The number of halogens is 2. The molecule has 2 rings (SSSR count). The zero-order valence-corrected chi connectivity index (χ0v) is 12.0. The van der Waals surface area contributed by atoms with E-state index in [-0.39, 0.29) is 36.6 Å². The summed E-state index contributed by atoms with van der Waals surface area (Å²) >= 11 is 0. The van der Waals surface area contributed by atoms with Gasteiger partial charge in [0.05, 0.1) is 18.2 Å². The number of carbonyl (C=O) groups excluding carboxylic acids is 1. The molecule has 0 bridgehead atoms. The van der Waals surface area contributed by atoms with E-state index in [0.717, 1.165) is 25.2 Å². The summed E-state index contributed by atoms with van der Waals surface area (Å²) in [6, 6.07) is 5.76. The monoisotopic (exact) mass is 291 g/mol. The molecule has 1 aromatic heterocycles. The Morgan fingerprint density at radius 1 is 1.50 bits per heavy atom. The molecule has 0 aromatic carbocycles. The van der Waals surface area contributed by atoms with E-state index in [0.29, 0.717) is 6.54 Å². The van der Waals surface area contributed by atoms with Crippen molar-refractivity contribution in [3.8, 4) is 0 Å². The summed E-state index contributed by atoms with van der Waals surface area (Å²) in [6.07, 6.45) is 2.70. The molecule has 0 radical (unpaired) electrons. The largest absolute Gasteiger partial charge is 0.340 e. The van der Waals surface area contributed by atoms with Crippen molar-refractivity contribution in [2.45, 2.75) is 13.0 Å². The molecule has 0 aliphatic carbocycles. The van der Waals surface area contributed by atoms with Crippen LogP contribution in [0.25, 0.3) is 0 Å². The van der Waals surface area contributed by atoms with E-state index < -0.39 is 0 Å². The van der Waals surface area contributed by atoms with Crippen molar-refractivity contribution in [3.05, 3.63) is 30.1 Å². The summed E-state index contributed by atoms with van der Waals surface area (Å²) in [5.74, 6) is 0.365. The fraction of sp³-hybridized carbons (Fsp3) is 0.500. The second-order valence-electron chi connectivity index (χ2n) is 4.21. The molecule has 1 atom stereocenters. The van der Waals surface area contributed by atoms with Crippen molar-refractivity contribution in [1.29, 1.82) is 0 Å². The molecule has 4 nitrogen and oxygen atoms in total. The normalized spacial score (nSPS) is 17.5. The van der Waals surface area contributed by atoms with Crippen LogP contribution in [0.15, 0.2) is 24.4 Å². The van der Waals surface area contributed by atoms with Crippen LogP contribution in [0.5, 0.6) is 0 Å². The maximum Gasteiger partial charge on any atom is 0.227 e. The minimum Gasteiger partial charge on any atom is -0.340 e. The molecule has 2 heterocycles. The van der Waals surface area contributed by atoms with Gasteiger partial charge in [0.2, 0.25) is 5.91 Å². The summed E-state index contributed by atoms with van der Waals surface area (Å²) in [7, 11) is 1.84. The van der Waals surface area contributed by atoms with Crippen molar-refractivity contribution in [1.82, 2.24) is 15.2 Å². The Morgan fingerprint density at radius 2 is 2.28 bits per heavy atom. The Bertz CT molecular complexity index is 356. The zero-order chi connectivity index (χ0) is 11.4. The van der Waals surface area contributed by atoms with Crippen LogP contribution in [-0.4, -0.2) is 35.9 Å². The second kappa shape index (κ2) is 8.29. The molecule has 1 unspecified atom stereocenters. The highest BCUT2D eigenvalue weighted by Gasteiger charge is 2.25. The van der Waals surface area contributed by atoms with E-state index in [2.05, 4.69) is 10.3 Å². The van der Waals surface area contributed by atoms with Crippen molar-refractivity contribution in [3.63, 3.8) is 0 Å². The van der Waals surface area contributed by atoms with Crippen LogP contribution in [0.3, 0.4) is 0 Å². The highest BCUT2D eigenvalue weighted by Crippen LogP contribution is 2.12. The van der Waals surface area contributed by atoms with E-state index in [9.17, 15) is 4.79 Å². The fourth-order valence-electron chi connectivity index (χ4n) is 1.99. The average molecular weight is 292 g/mol. The number of hydrogen-bond acceptors (Lipinski definition) is 3. The van der Waals surface area contributed by atoms with E-state index in [1.54, 1.807) is 11.1 Å². The molecule has 1 aliphatic heterocycles. The first-order valence-corrected chi connectivity index (χ1v) is 5.63. The molecule has 1 saturated heterocycles. The number of aromatic nitrogens is 1. The van der Waals surface area contributed by atoms with Crippen molar-refractivity contribution in [2.24, 2.45) is 5.92 Å². The summed E-state index contributed by atoms with van der Waals surface area (Å²) in [5.41, 5.74) is 0.935. The Balaban J connectivity index is 0.00000144. The first-order chi connectivity index (χ1) is 7.77. The predicted molar refractivity (Wildman–Crippen MR) is 76.2 cm³/mol. The lowest BCUT2D eigenvalue weighted by atomic mass is 10.1. The smallest absolute Gasteiger partial charge is 0.227 e. The van der Waals surface area contributed by atoms with Gasteiger partial charge in [-0.1, -0.05) is 6.07 Å². The number of nitrogens with zero attached hydrogens (tertiary/aromatic N) is 2. The molecule has 6 heteroatoms. The van der Waals surface area contributed by atoms with Crippen molar-refractivity contribution < 1.29 is 4.79 Å². The van der Waals surface area contributed by atoms with Gasteiger partial charge in [-0.05, 0) is 25.1 Å². The van der Waals surface area contributed by atoms with E-state index >= 15 is 0 Å². The van der Waals surface area contributed by atoms with Gasteiger partial charge in [0.25, 0.3) is 0 Å². The van der Waals surface area contributed by atoms with Gasteiger partial charge in [0.15, 0.2) is 0 Å². The quantitative estimate of drug-likeness (QED) is 0.918. The zero-order valence-electron chi connectivity index (χ0n) is 10.3. The summed E-state index contributed by atoms with van der Waals surface area (Å²) in [6.45, 7) is 2.36. The van der Waals surface area contributed by atoms with Crippen LogP contribution in [0.2, 0.25) is 0 Å². The van der Waals surface area contributed by atoms with Crippen LogP contribution in [0.4, 0.5) is 0 Å². The van der Waals surface area contributed by atoms with Crippen LogP contribution >= 0.6 is 24.8 Å². The topological polar surface area (TPSA) is 45.2 Å². The lowest BCUT2D eigenvalue weighted by molar-refractivity contribution is -0.134. The van der Waals surface area contributed by atoms with Crippen LogP contribution in [0.1, 0.15) is 12.1 Å². The van der Waals surface area contributed by atoms with Gasteiger partial charge in [-0.2, -0.15) is 0 Å². The van der Waals surface area contributed by atoms with Gasteiger partial charge < -0.3 is 10.2 Å². The Labute approximate surface area is 120 Å². The third-order valence-electron chi connectivity index (χ3n) is 2.91. The molecule has 0 spiro atoms. The summed E-state index contributed by atoms with van der Waals surface area (Å²) in [4.78, 5) is 18.0. The molecular formula is C12H19Cl2N3O. The Morgan fingerprint density at radius 3 is 2.83 bits per heavy atom. The lowest BCUT2D eigenvalue weighted by Crippen LogP contribution is -2.33. The standard InChI is InChI=1S/C12H17N3O.2ClH/c1-15(9-11-4-2-3-6-14-11)12(16)10-5-7-13-8-10;;/h2-4,6,10,13H,5,7-9H2,1H3;2*1H. The highest BCUT2D eigenvalue weighted by atomic mass is 35.5. The second-order valence-corrected chi connectivity index (χ2v) is 4.21. The molecule has 1 aromatic rings. The van der Waals surface area contributed by atoms with Crippen molar-refractivity contribution >= 4 is 30.7 Å². The van der Waals surface area contributed by atoms with Gasteiger partial charge in [-0.3, -0.25) is 9.78 Å². The molecule has 0 saturated carbocycles. The predicted octanol–water partition coefficient (Wildman–Crippen LogP) is 1.49. The third-order valence-corrected chi connectivity index (χ3v) is 2.91. The van der Waals surface area contributed by atoms with Gasteiger partial charge in [0.1, 0.15) is 0 Å². The van der Waals surface area contributed by atoms with Crippen LogP contribution in [-0.2, 0) is 11.3 Å². The van der Waals surface area contributed by atoms with E-state index in [1.165, 1.54) is 0 Å². The molecule has 1 amide bonds. The third kappa shape index (κ3) is 4.44. The molecule has 1 aliphatic rings. The van der Waals surface area contributed by atoms with Crippen LogP contribution < -0.4 is 5.32 Å². The number of nitrogens with one attached hydrogen (secondary N) is 1. The maximum atomic E-state index is 12.0. The Hall–Kier alpha value is -0.840. The summed E-state index contributed by atoms with van der Waals surface area (Å²) < 4.78 is 0. The fourth-order valence-corrected chi connectivity index (χ4v) is 1.99. The van der Waals surface area contributed by atoms with Gasteiger partial charge >= 0.3 is 0 Å². The SMILES string of the molecule is CN(Cc1ccccn1)C(=O)C1CCNC1.Cl.Cl. The molecule has 102 valence electrons. The summed E-state index contributed by atoms with van der Waals surface area (Å²) in [5, 5.41) is 3.21. The lowest BCUT2D eigenvalue weighted by Gasteiger charge is -2.20. The number of pyridine rings is 1. The molecular weight excluding hydrogens is 273 g/mol. The number of amides is 1. The maximum absolute atomic E-state index is 12.0. The van der Waals surface area contributed by atoms with E-state index in [4.69, 9.17) is 0 Å². The van der Waals surface area contributed by atoms with Crippen LogP contribution in [0, 0.1) is 5.92 Å². The molecule has 1 N–H and O–H groups in total. The first-order valence-electron chi connectivity index (χ1n) is 5.63. The van der Waals surface area contributed by atoms with Gasteiger partial charge in [0, 0.05) is 19.8 Å².